The largest absolute Gasteiger partial charge is 0.490 e. The van der Waals surface area contributed by atoms with Gasteiger partial charge in [-0.25, -0.2) is 27.2 Å². The van der Waals surface area contributed by atoms with Crippen LogP contribution in [0, 0.1) is 0 Å². The highest BCUT2D eigenvalue weighted by molar-refractivity contribution is 7.90. The van der Waals surface area contributed by atoms with Crippen molar-refractivity contribution >= 4 is 56.0 Å². The summed E-state index contributed by atoms with van der Waals surface area (Å²) >= 11 is 6.64. The van der Waals surface area contributed by atoms with Gasteiger partial charge in [0.25, 0.3) is 15.9 Å². The van der Waals surface area contributed by atoms with Crippen LogP contribution in [-0.2, 0) is 14.8 Å². The van der Waals surface area contributed by atoms with E-state index in [4.69, 9.17) is 32.2 Å². The quantitative estimate of drug-likeness (QED) is 0.137. The molecule has 0 aliphatic heterocycles. The SMILES string of the molecule is Nc1ccc(C(=O)NC23CCCC(Nc4ncc(Cl)c(-c5cn(S(=O)(=O)c6ccccc6)c6ccccc56)n4)(C2)C3)cc1.O=C(O)C(F)(F)F. The molecule has 0 atom stereocenters. The fourth-order valence-electron chi connectivity index (χ4n) is 6.71. The number of carbonyl (C=O) groups excluding carboxylic acids is 1. The van der Waals surface area contributed by atoms with Crippen LogP contribution in [0.25, 0.3) is 22.2 Å². The number of nitrogens with one attached hydrogen (secondary N) is 2. The number of carbonyl (C=O) groups is 2. The molecule has 0 radical (unpaired) electrons. The summed E-state index contributed by atoms with van der Waals surface area (Å²) in [5, 5.41) is 14.9. The molecule has 11 nitrogen and oxygen atoms in total. The number of rotatable bonds is 7. The number of nitrogens with two attached hydrogens (primary N) is 1. The molecule has 2 heterocycles. The van der Waals surface area contributed by atoms with Crippen molar-refractivity contribution in [3.8, 4) is 11.3 Å². The van der Waals surface area contributed by atoms with Crippen molar-refractivity contribution in [1.29, 1.82) is 0 Å². The Morgan fingerprint density at radius 3 is 2.22 bits per heavy atom. The number of carboxylic acid groups (broad SMARTS) is 1. The maximum atomic E-state index is 13.6. The molecule has 16 heteroatoms. The maximum absolute atomic E-state index is 13.6. The molecule has 2 aromatic heterocycles. The number of alkyl halides is 3. The molecule has 0 unspecified atom stereocenters. The summed E-state index contributed by atoms with van der Waals surface area (Å²) in [6, 6.07) is 22.5. The number of hydrogen-bond acceptors (Lipinski definition) is 8. The molecule has 1 amide bonds. The highest BCUT2D eigenvalue weighted by Gasteiger charge is 2.58. The van der Waals surface area contributed by atoms with E-state index in [0.29, 0.717) is 44.4 Å². The molecular formula is C34H30ClF3N6O5S. The molecule has 0 saturated heterocycles. The summed E-state index contributed by atoms with van der Waals surface area (Å²) < 4.78 is 60.2. The fraction of sp³-hybridized carbons (Fsp3) is 0.235. The second-order valence-electron chi connectivity index (χ2n) is 12.3. The number of nitrogens with zero attached hydrogens (tertiary/aromatic N) is 3. The lowest BCUT2D eigenvalue weighted by Crippen LogP contribution is -2.70. The van der Waals surface area contributed by atoms with Gasteiger partial charge in [-0.2, -0.15) is 13.2 Å². The predicted molar refractivity (Wildman–Crippen MR) is 181 cm³/mol. The fourth-order valence-corrected chi connectivity index (χ4v) is 8.29. The van der Waals surface area contributed by atoms with Crippen LogP contribution in [0.4, 0.5) is 24.8 Å². The summed E-state index contributed by atoms with van der Waals surface area (Å²) in [5.74, 6) is -2.46. The van der Waals surface area contributed by atoms with Crippen LogP contribution in [0.15, 0.2) is 96.2 Å². The van der Waals surface area contributed by atoms with Gasteiger partial charge in [0.15, 0.2) is 0 Å². The summed E-state index contributed by atoms with van der Waals surface area (Å²) in [6.07, 6.45) is 2.29. The predicted octanol–water partition coefficient (Wildman–Crippen LogP) is 6.50. The Balaban J connectivity index is 0.000000561. The van der Waals surface area contributed by atoms with Crippen LogP contribution >= 0.6 is 11.6 Å². The molecule has 2 bridgehead atoms. The molecule has 3 aliphatic rings. The van der Waals surface area contributed by atoms with Gasteiger partial charge in [-0.1, -0.05) is 48.0 Å². The number of anilines is 2. The minimum absolute atomic E-state index is 0.109. The van der Waals surface area contributed by atoms with Crippen molar-refractivity contribution in [1.82, 2.24) is 19.3 Å². The van der Waals surface area contributed by atoms with Crippen LogP contribution in [0.5, 0.6) is 0 Å². The maximum Gasteiger partial charge on any atom is 0.490 e. The van der Waals surface area contributed by atoms with Gasteiger partial charge >= 0.3 is 12.1 Å². The van der Waals surface area contributed by atoms with E-state index in [2.05, 4.69) is 15.6 Å². The number of aromatic nitrogens is 3. The Hall–Kier alpha value is -5.15. The van der Waals surface area contributed by atoms with E-state index >= 15 is 0 Å². The summed E-state index contributed by atoms with van der Waals surface area (Å²) in [6.45, 7) is 0. The van der Waals surface area contributed by atoms with Crippen molar-refractivity contribution in [3.63, 3.8) is 0 Å². The minimum atomic E-state index is -5.08. The molecule has 5 N–H and O–H groups in total. The van der Waals surface area contributed by atoms with Gasteiger partial charge in [-0.15, -0.1) is 0 Å². The van der Waals surface area contributed by atoms with Crippen molar-refractivity contribution in [3.05, 3.63) is 102 Å². The lowest BCUT2D eigenvalue weighted by molar-refractivity contribution is -0.192. The number of halogens is 4. The van der Waals surface area contributed by atoms with E-state index in [9.17, 15) is 26.4 Å². The molecule has 3 fully saturated rings. The Morgan fingerprint density at radius 1 is 0.940 bits per heavy atom. The zero-order valence-corrected chi connectivity index (χ0v) is 27.7. The summed E-state index contributed by atoms with van der Waals surface area (Å²) in [4.78, 5) is 31.3. The average molecular weight is 727 g/mol. The first-order chi connectivity index (χ1) is 23.6. The Labute approximate surface area is 289 Å². The third kappa shape index (κ3) is 6.83. The average Bonchev–Trinajstić information content (AvgIpc) is 3.46. The van der Waals surface area contributed by atoms with Gasteiger partial charge in [-0.05, 0) is 74.6 Å². The number of fused-ring (bicyclic) bond motifs is 3. The minimum Gasteiger partial charge on any atom is -0.475 e. The first kappa shape index (κ1) is 34.7. The first-order valence-electron chi connectivity index (χ1n) is 15.3. The monoisotopic (exact) mass is 726 g/mol. The standard InChI is InChI=1S/C32H29ClN6O3S.C2HF3O2/c33-26-17-35-30(38-32-16-6-15-31(19-32,20-32)37-29(40)21-11-13-22(34)14-12-21)36-28(26)25-18-39(27-10-5-4-9-24(25)27)43(41,42)23-7-2-1-3-8-23;3-2(4,5)1(6)7/h1-5,7-14,17-18H,6,15-16,19-20,34H2,(H,37,40)(H,35,36,38);(H,6,7). The molecule has 260 valence electrons. The molecule has 3 saturated carbocycles. The van der Waals surface area contributed by atoms with Gasteiger partial charge < -0.3 is 21.5 Å². The number of para-hydroxylation sites is 1. The highest BCUT2D eigenvalue weighted by Crippen LogP contribution is 2.53. The van der Waals surface area contributed by atoms with Crippen molar-refractivity contribution in [2.24, 2.45) is 0 Å². The van der Waals surface area contributed by atoms with Gasteiger partial charge in [0.1, 0.15) is 0 Å². The number of hydrogen-bond donors (Lipinski definition) is 4. The van der Waals surface area contributed by atoms with E-state index in [-0.39, 0.29) is 21.9 Å². The van der Waals surface area contributed by atoms with Crippen LogP contribution in [0.2, 0.25) is 5.02 Å². The molecule has 3 aliphatic carbocycles. The van der Waals surface area contributed by atoms with E-state index in [1.54, 1.807) is 72.9 Å². The highest BCUT2D eigenvalue weighted by atomic mass is 35.5. The molecular weight excluding hydrogens is 697 g/mol. The second-order valence-corrected chi connectivity index (χ2v) is 14.6. The van der Waals surface area contributed by atoms with Crippen LogP contribution < -0.4 is 16.4 Å². The first-order valence-corrected chi connectivity index (χ1v) is 17.1. The van der Waals surface area contributed by atoms with E-state index < -0.39 is 22.2 Å². The molecule has 3 aromatic carbocycles. The van der Waals surface area contributed by atoms with Crippen LogP contribution in [0.3, 0.4) is 0 Å². The van der Waals surface area contributed by atoms with Crippen molar-refractivity contribution in [2.45, 2.75) is 54.3 Å². The molecule has 8 rings (SSSR count). The van der Waals surface area contributed by atoms with Crippen molar-refractivity contribution in [2.75, 3.05) is 11.1 Å². The normalized spacial score (nSPS) is 19.8. The lowest BCUT2D eigenvalue weighted by atomic mass is 9.54. The molecule has 5 aromatic rings. The van der Waals surface area contributed by atoms with Crippen LogP contribution in [0.1, 0.15) is 42.5 Å². The number of amides is 1. The topological polar surface area (TPSA) is 169 Å². The lowest BCUT2D eigenvalue weighted by Gasteiger charge is -2.60. The number of nitrogen functional groups attached to an aromatic ring is 1. The van der Waals surface area contributed by atoms with Gasteiger partial charge in [0.2, 0.25) is 5.95 Å². The van der Waals surface area contributed by atoms with Gasteiger partial charge in [0, 0.05) is 39.5 Å². The molecule has 0 spiro atoms. The number of aliphatic carboxylic acids is 1. The van der Waals surface area contributed by atoms with E-state index in [0.717, 1.165) is 32.1 Å². The zero-order chi connectivity index (χ0) is 35.9. The summed E-state index contributed by atoms with van der Waals surface area (Å²) in [5.41, 5.74) is 7.97. The van der Waals surface area contributed by atoms with Crippen molar-refractivity contribution < 1.29 is 36.3 Å². The zero-order valence-electron chi connectivity index (χ0n) is 26.1. The van der Waals surface area contributed by atoms with Gasteiger partial charge in [-0.3, -0.25) is 4.79 Å². The Morgan fingerprint density at radius 2 is 1.56 bits per heavy atom. The van der Waals surface area contributed by atoms with Gasteiger partial charge in [0.05, 0.1) is 27.3 Å². The third-order valence-corrected chi connectivity index (χ3v) is 10.8. The summed E-state index contributed by atoms with van der Waals surface area (Å²) in [7, 11) is -3.87. The van der Waals surface area contributed by atoms with Crippen LogP contribution in [-0.4, -0.2) is 56.6 Å². The van der Waals surface area contributed by atoms with E-state index in [1.165, 1.54) is 10.2 Å². The Bertz CT molecular complexity index is 2190. The molecule has 50 heavy (non-hydrogen) atoms. The van der Waals surface area contributed by atoms with E-state index in [1.807, 2.05) is 12.1 Å². The smallest absolute Gasteiger partial charge is 0.475 e. The number of benzene rings is 3. The second kappa shape index (κ2) is 12.9. The Kier molecular flexibility index (Phi) is 8.99. The third-order valence-electron chi connectivity index (χ3n) is 8.81. The number of carboxylic acids is 1.